The van der Waals surface area contributed by atoms with E-state index in [0.717, 1.165) is 18.2 Å². The van der Waals surface area contributed by atoms with Crippen LogP contribution in [-0.4, -0.2) is 5.91 Å². The van der Waals surface area contributed by atoms with Gasteiger partial charge in [-0.05, 0) is 13.0 Å². The zero-order chi connectivity index (χ0) is 14.7. The van der Waals surface area contributed by atoms with E-state index in [2.05, 4.69) is 0 Å². The largest absolute Gasteiger partial charge is 0.485 e. The number of carbonyl (C=O) groups is 1. The van der Waals surface area contributed by atoms with E-state index in [-0.39, 0.29) is 18.1 Å². The Labute approximate surface area is 113 Å². The van der Waals surface area contributed by atoms with E-state index < -0.39 is 17.5 Å². The lowest BCUT2D eigenvalue weighted by Crippen LogP contribution is -2.30. The molecule has 106 valence electrons. The van der Waals surface area contributed by atoms with Crippen LogP contribution in [0.15, 0.2) is 28.7 Å². The average Bonchev–Trinajstić information content (AvgIpc) is 2.76. The number of halogens is 2. The van der Waals surface area contributed by atoms with Crippen molar-refractivity contribution < 1.29 is 22.7 Å². The van der Waals surface area contributed by atoms with Crippen LogP contribution in [0, 0.1) is 18.6 Å². The highest BCUT2D eigenvalue weighted by Gasteiger charge is 2.15. The number of hydrazine groups is 1. The Morgan fingerprint density at radius 3 is 2.55 bits per heavy atom. The van der Waals surface area contributed by atoms with Crippen molar-refractivity contribution in [3.63, 3.8) is 0 Å². The fourth-order valence-corrected chi connectivity index (χ4v) is 1.68. The molecule has 0 atom stereocenters. The smallest absolute Gasteiger partial charge is 0.301 e. The van der Waals surface area contributed by atoms with Gasteiger partial charge in [0.05, 0.1) is 0 Å². The molecule has 0 aliphatic carbocycles. The van der Waals surface area contributed by atoms with E-state index in [1.165, 1.54) is 0 Å². The average molecular weight is 282 g/mol. The molecule has 20 heavy (non-hydrogen) atoms. The molecule has 7 heteroatoms. The third-order valence-electron chi connectivity index (χ3n) is 2.52. The molecule has 0 bridgehead atoms. The van der Waals surface area contributed by atoms with Crippen molar-refractivity contribution in [2.45, 2.75) is 13.5 Å². The number of furan rings is 1. The maximum absolute atomic E-state index is 13.0. The number of aryl methyl sites for hydroxylation is 1. The molecule has 1 aromatic heterocycles. The number of hydrogen-bond acceptors (Lipinski definition) is 4. The fourth-order valence-electron chi connectivity index (χ4n) is 1.68. The van der Waals surface area contributed by atoms with Crippen LogP contribution >= 0.6 is 0 Å². The summed E-state index contributed by atoms with van der Waals surface area (Å²) in [6, 6.07) is 4.42. The van der Waals surface area contributed by atoms with Crippen molar-refractivity contribution in [2.75, 3.05) is 0 Å². The predicted molar refractivity (Wildman–Crippen MR) is 65.8 cm³/mol. The number of ether oxygens (including phenoxy) is 1. The molecule has 3 N–H and O–H groups in total. The van der Waals surface area contributed by atoms with E-state index in [9.17, 15) is 13.6 Å². The van der Waals surface area contributed by atoms with Crippen LogP contribution in [0.5, 0.6) is 5.75 Å². The van der Waals surface area contributed by atoms with Gasteiger partial charge in [0.15, 0.2) is 5.76 Å². The lowest BCUT2D eigenvalue weighted by molar-refractivity contribution is 0.0921. The van der Waals surface area contributed by atoms with Crippen molar-refractivity contribution >= 4 is 5.91 Å². The number of nitrogen functional groups attached to an aromatic ring is 1. The molecule has 0 radical (unpaired) electrons. The van der Waals surface area contributed by atoms with Crippen LogP contribution in [0.2, 0.25) is 0 Å². The molecule has 0 unspecified atom stereocenters. The van der Waals surface area contributed by atoms with Crippen molar-refractivity contribution in [1.29, 1.82) is 0 Å². The Bertz CT molecular complexity index is 620. The first-order valence-corrected chi connectivity index (χ1v) is 5.68. The molecule has 0 spiro atoms. The van der Waals surface area contributed by atoms with Gasteiger partial charge >= 0.3 is 5.91 Å². The molecule has 5 nitrogen and oxygen atoms in total. The normalized spacial score (nSPS) is 10.4. The Hall–Kier alpha value is -2.41. The van der Waals surface area contributed by atoms with E-state index in [0.29, 0.717) is 11.3 Å². The summed E-state index contributed by atoms with van der Waals surface area (Å²) < 4.78 is 36.4. The number of carbonyl (C=O) groups excluding carboxylic acids is 1. The van der Waals surface area contributed by atoms with Gasteiger partial charge in [-0.25, -0.2) is 14.6 Å². The summed E-state index contributed by atoms with van der Waals surface area (Å²) in [4.78, 5) is 11.3. The summed E-state index contributed by atoms with van der Waals surface area (Å²) >= 11 is 0. The first-order valence-electron chi connectivity index (χ1n) is 5.68. The highest BCUT2D eigenvalue weighted by atomic mass is 19.1. The van der Waals surface area contributed by atoms with Crippen LogP contribution in [0.1, 0.15) is 21.9 Å². The lowest BCUT2D eigenvalue weighted by atomic mass is 10.2. The van der Waals surface area contributed by atoms with Crippen LogP contribution in [0.4, 0.5) is 8.78 Å². The van der Waals surface area contributed by atoms with Crippen LogP contribution in [0.3, 0.4) is 0 Å². The number of benzene rings is 1. The third kappa shape index (κ3) is 3.12. The Balaban J connectivity index is 2.09. The Kier molecular flexibility index (Phi) is 3.99. The van der Waals surface area contributed by atoms with Crippen LogP contribution < -0.4 is 16.0 Å². The van der Waals surface area contributed by atoms with Gasteiger partial charge in [0.25, 0.3) is 0 Å². The molecule has 1 aromatic carbocycles. The summed E-state index contributed by atoms with van der Waals surface area (Å²) in [6.45, 7) is 1.60. The van der Waals surface area contributed by atoms with Gasteiger partial charge in [-0.2, -0.15) is 0 Å². The molecular weight excluding hydrogens is 270 g/mol. The monoisotopic (exact) mass is 282 g/mol. The first kappa shape index (κ1) is 14.0. The van der Waals surface area contributed by atoms with Gasteiger partial charge in [-0.1, -0.05) is 0 Å². The second kappa shape index (κ2) is 5.70. The SMILES string of the molecule is Cc1cc(COc2cc(F)cc(F)c2)oc1C(=O)NN. The van der Waals surface area contributed by atoms with E-state index >= 15 is 0 Å². The number of nitrogens with one attached hydrogen (secondary N) is 1. The highest BCUT2D eigenvalue weighted by molar-refractivity contribution is 5.92. The minimum absolute atomic E-state index is 0.0291. The molecule has 2 rings (SSSR count). The molecule has 1 heterocycles. The summed E-state index contributed by atoms with van der Waals surface area (Å²) in [7, 11) is 0. The lowest BCUT2D eigenvalue weighted by Gasteiger charge is -2.04. The van der Waals surface area contributed by atoms with E-state index in [4.69, 9.17) is 15.0 Å². The first-order chi connectivity index (χ1) is 9.49. The number of rotatable bonds is 4. The summed E-state index contributed by atoms with van der Waals surface area (Å²) in [5.74, 6) is 3.40. The highest BCUT2D eigenvalue weighted by Crippen LogP contribution is 2.19. The molecule has 0 saturated carbocycles. The third-order valence-corrected chi connectivity index (χ3v) is 2.52. The maximum atomic E-state index is 13.0. The molecular formula is C13H12F2N2O3. The number of hydrogen-bond donors (Lipinski definition) is 2. The number of amides is 1. The van der Waals surface area contributed by atoms with Crippen LogP contribution in [0.25, 0.3) is 0 Å². The van der Waals surface area contributed by atoms with Crippen molar-refractivity contribution in [1.82, 2.24) is 5.43 Å². The van der Waals surface area contributed by atoms with Crippen molar-refractivity contribution in [3.8, 4) is 5.75 Å². The molecule has 0 aliphatic rings. The molecule has 0 fully saturated rings. The summed E-state index contributed by atoms with van der Waals surface area (Å²) in [5.41, 5.74) is 2.53. The molecule has 0 aliphatic heterocycles. The summed E-state index contributed by atoms with van der Waals surface area (Å²) in [5, 5.41) is 0. The fraction of sp³-hybridized carbons (Fsp3) is 0.154. The minimum atomic E-state index is -0.737. The quantitative estimate of drug-likeness (QED) is 0.511. The van der Waals surface area contributed by atoms with Gasteiger partial charge in [0.2, 0.25) is 0 Å². The van der Waals surface area contributed by atoms with Crippen LogP contribution in [-0.2, 0) is 6.61 Å². The minimum Gasteiger partial charge on any atom is -0.485 e. The van der Waals surface area contributed by atoms with Gasteiger partial charge in [-0.3, -0.25) is 10.2 Å². The standard InChI is InChI=1S/C13H12F2N2O3/c1-7-2-11(20-12(7)13(18)17-16)6-19-10-4-8(14)3-9(15)5-10/h2-5H,6,16H2,1H3,(H,17,18). The zero-order valence-electron chi connectivity index (χ0n) is 10.6. The maximum Gasteiger partial charge on any atom is 0.301 e. The zero-order valence-corrected chi connectivity index (χ0v) is 10.6. The van der Waals surface area contributed by atoms with Crippen molar-refractivity contribution in [3.05, 3.63) is 53.0 Å². The van der Waals surface area contributed by atoms with Crippen molar-refractivity contribution in [2.24, 2.45) is 5.84 Å². The second-order valence-corrected chi connectivity index (χ2v) is 4.09. The topological polar surface area (TPSA) is 77.5 Å². The summed E-state index contributed by atoms with van der Waals surface area (Å²) in [6.07, 6.45) is 0. The molecule has 1 amide bonds. The number of nitrogens with two attached hydrogens (primary N) is 1. The Morgan fingerprint density at radius 2 is 1.95 bits per heavy atom. The predicted octanol–water partition coefficient (Wildman–Crippen LogP) is 2.05. The van der Waals surface area contributed by atoms with Gasteiger partial charge in [0.1, 0.15) is 29.8 Å². The van der Waals surface area contributed by atoms with E-state index in [1.807, 2.05) is 5.43 Å². The second-order valence-electron chi connectivity index (χ2n) is 4.09. The molecule has 0 saturated heterocycles. The molecule has 2 aromatic rings. The van der Waals surface area contributed by atoms with Gasteiger partial charge < -0.3 is 9.15 Å². The Morgan fingerprint density at radius 1 is 1.30 bits per heavy atom. The van der Waals surface area contributed by atoms with E-state index in [1.54, 1.807) is 13.0 Å². The van der Waals surface area contributed by atoms with Gasteiger partial charge in [-0.15, -0.1) is 0 Å². The van der Waals surface area contributed by atoms with Gasteiger partial charge in [0, 0.05) is 23.8 Å².